The van der Waals surface area contributed by atoms with Crippen LogP contribution in [0.15, 0.2) is 36.4 Å². The molecule has 1 aromatic heterocycles. The van der Waals surface area contributed by atoms with Crippen molar-refractivity contribution in [3.63, 3.8) is 0 Å². The van der Waals surface area contributed by atoms with E-state index in [9.17, 15) is 0 Å². The van der Waals surface area contributed by atoms with Gasteiger partial charge >= 0.3 is 0 Å². The monoisotopic (exact) mass is 224 g/mol. The number of rotatable bonds is 0. The summed E-state index contributed by atoms with van der Waals surface area (Å²) < 4.78 is 2.19. The van der Waals surface area contributed by atoms with Gasteiger partial charge < -0.3 is 5.73 Å². The second kappa shape index (κ2) is 3.22. The quantitative estimate of drug-likeness (QED) is 0.594. The molecule has 2 N–H and O–H groups in total. The van der Waals surface area contributed by atoms with E-state index in [2.05, 4.69) is 6.07 Å². The lowest BCUT2D eigenvalue weighted by molar-refractivity contribution is 1.51. The van der Waals surface area contributed by atoms with Gasteiger partial charge in [-0.15, -0.1) is 11.3 Å². The maximum absolute atomic E-state index is 9.11. The lowest BCUT2D eigenvalue weighted by Gasteiger charge is -1.95. The van der Waals surface area contributed by atoms with Crippen molar-refractivity contribution in [3.05, 3.63) is 42.0 Å². The van der Waals surface area contributed by atoms with Crippen LogP contribution >= 0.6 is 11.3 Å². The molecule has 76 valence electrons. The van der Waals surface area contributed by atoms with Gasteiger partial charge in [0, 0.05) is 21.2 Å². The predicted molar refractivity (Wildman–Crippen MR) is 68.5 cm³/mol. The molecule has 0 unspecified atom stereocenters. The van der Waals surface area contributed by atoms with Crippen LogP contribution < -0.4 is 5.73 Å². The molecule has 0 amide bonds. The third kappa shape index (κ3) is 1.11. The third-order valence-corrected chi connectivity index (χ3v) is 3.89. The zero-order valence-corrected chi connectivity index (χ0v) is 9.21. The molecule has 0 aliphatic rings. The number of nitrogen functional groups attached to an aromatic ring is 1. The molecule has 2 nitrogen and oxygen atoms in total. The first-order valence-electron chi connectivity index (χ1n) is 4.91. The molecule has 3 aromatic rings. The van der Waals surface area contributed by atoms with Gasteiger partial charge in [-0.1, -0.05) is 18.2 Å². The molecule has 2 aromatic carbocycles. The first kappa shape index (κ1) is 9.20. The first-order chi connectivity index (χ1) is 7.81. The summed E-state index contributed by atoms with van der Waals surface area (Å²) in [5.74, 6) is 0. The maximum Gasteiger partial charge on any atom is 0.0998 e. The van der Waals surface area contributed by atoms with Gasteiger partial charge in [0.05, 0.1) is 16.3 Å². The summed E-state index contributed by atoms with van der Waals surface area (Å²) >= 11 is 1.64. The Hall–Kier alpha value is -2.05. The molecule has 0 bridgehead atoms. The molecule has 1 heterocycles. The van der Waals surface area contributed by atoms with Crippen LogP contribution in [0.2, 0.25) is 0 Å². The highest BCUT2D eigenvalue weighted by Crippen LogP contribution is 2.38. The van der Waals surface area contributed by atoms with E-state index in [0.717, 1.165) is 25.9 Å². The summed E-state index contributed by atoms with van der Waals surface area (Å²) in [5.41, 5.74) is 7.44. The lowest BCUT2D eigenvalue weighted by atomic mass is 10.1. The average molecular weight is 224 g/mol. The summed E-state index contributed by atoms with van der Waals surface area (Å²) in [7, 11) is 0. The molecular formula is C13H8N2S. The van der Waals surface area contributed by atoms with Crippen LogP contribution in [0.3, 0.4) is 0 Å². The molecular weight excluding hydrogens is 216 g/mol. The normalized spacial score (nSPS) is 10.7. The van der Waals surface area contributed by atoms with Crippen LogP contribution in [0.5, 0.6) is 0 Å². The minimum atomic E-state index is 0.717. The molecule has 3 rings (SSSR count). The van der Waals surface area contributed by atoms with Crippen LogP contribution in [0.1, 0.15) is 5.56 Å². The standard InChI is InChI=1S/C13H8N2S/c14-7-8-3-1-6-11-12(8)9-4-2-5-10(15)13(9)16-11/h1-6H,15H2. The number of nitriles is 1. The second-order valence-corrected chi connectivity index (χ2v) is 4.67. The van der Waals surface area contributed by atoms with Gasteiger partial charge in [0.25, 0.3) is 0 Å². The molecule has 16 heavy (non-hydrogen) atoms. The number of anilines is 1. The van der Waals surface area contributed by atoms with Gasteiger partial charge in [-0.3, -0.25) is 0 Å². The van der Waals surface area contributed by atoms with Crippen molar-refractivity contribution in [3.8, 4) is 6.07 Å². The number of hydrogen-bond acceptors (Lipinski definition) is 3. The van der Waals surface area contributed by atoms with Crippen molar-refractivity contribution >= 4 is 37.2 Å². The first-order valence-corrected chi connectivity index (χ1v) is 5.73. The fraction of sp³-hybridized carbons (Fsp3) is 0. The average Bonchev–Trinajstić information content (AvgIpc) is 2.69. The van der Waals surface area contributed by atoms with Crippen molar-refractivity contribution in [1.82, 2.24) is 0 Å². The predicted octanol–water partition coefficient (Wildman–Crippen LogP) is 3.51. The SMILES string of the molecule is N#Cc1cccc2sc3c(N)cccc3c12. The van der Waals surface area contributed by atoms with E-state index in [0.29, 0.717) is 5.56 Å². The van der Waals surface area contributed by atoms with E-state index in [4.69, 9.17) is 11.0 Å². The molecule has 0 aliphatic heterocycles. The Morgan fingerprint density at radius 1 is 1.12 bits per heavy atom. The van der Waals surface area contributed by atoms with Gasteiger partial charge in [0.2, 0.25) is 0 Å². The Morgan fingerprint density at radius 2 is 1.94 bits per heavy atom. The van der Waals surface area contributed by atoms with E-state index in [1.54, 1.807) is 11.3 Å². The second-order valence-electron chi connectivity index (χ2n) is 3.62. The van der Waals surface area contributed by atoms with Gasteiger partial charge in [0.1, 0.15) is 0 Å². The van der Waals surface area contributed by atoms with Crippen molar-refractivity contribution in [2.75, 3.05) is 5.73 Å². The number of thiophene rings is 1. The fourth-order valence-electron chi connectivity index (χ4n) is 1.96. The van der Waals surface area contributed by atoms with Gasteiger partial charge in [-0.25, -0.2) is 0 Å². The Labute approximate surface area is 96.5 Å². The van der Waals surface area contributed by atoms with E-state index in [-0.39, 0.29) is 0 Å². The lowest BCUT2D eigenvalue weighted by Crippen LogP contribution is -1.82. The molecule has 0 saturated carbocycles. The largest absolute Gasteiger partial charge is 0.398 e. The van der Waals surface area contributed by atoms with E-state index < -0.39 is 0 Å². The van der Waals surface area contributed by atoms with Gasteiger partial charge in [-0.05, 0) is 18.2 Å². The van der Waals surface area contributed by atoms with Crippen LogP contribution in [-0.4, -0.2) is 0 Å². The van der Waals surface area contributed by atoms with Crippen molar-refractivity contribution in [2.45, 2.75) is 0 Å². The zero-order valence-electron chi connectivity index (χ0n) is 8.40. The highest BCUT2D eigenvalue weighted by molar-refractivity contribution is 7.26. The Kier molecular flexibility index (Phi) is 1.85. The summed E-state index contributed by atoms with van der Waals surface area (Å²) in [4.78, 5) is 0. The van der Waals surface area contributed by atoms with Gasteiger partial charge in [0.15, 0.2) is 0 Å². The summed E-state index contributed by atoms with van der Waals surface area (Å²) in [5, 5.41) is 11.2. The number of nitrogens with zero attached hydrogens (tertiary/aromatic N) is 1. The molecule has 0 spiro atoms. The highest BCUT2D eigenvalue weighted by atomic mass is 32.1. The number of nitrogens with two attached hydrogens (primary N) is 1. The number of benzene rings is 2. The van der Waals surface area contributed by atoms with E-state index in [1.807, 2.05) is 36.4 Å². The minimum Gasteiger partial charge on any atom is -0.398 e. The molecule has 0 fully saturated rings. The van der Waals surface area contributed by atoms with Crippen LogP contribution in [0, 0.1) is 11.3 Å². The summed E-state index contributed by atoms with van der Waals surface area (Å²) in [6, 6.07) is 13.9. The molecule has 0 radical (unpaired) electrons. The molecule has 0 aliphatic carbocycles. The smallest absolute Gasteiger partial charge is 0.0998 e. The minimum absolute atomic E-state index is 0.717. The van der Waals surface area contributed by atoms with Crippen molar-refractivity contribution in [1.29, 1.82) is 5.26 Å². The van der Waals surface area contributed by atoms with Crippen molar-refractivity contribution < 1.29 is 0 Å². The number of hydrogen-bond donors (Lipinski definition) is 1. The van der Waals surface area contributed by atoms with Crippen molar-refractivity contribution in [2.24, 2.45) is 0 Å². The fourth-order valence-corrected chi connectivity index (χ4v) is 3.12. The zero-order chi connectivity index (χ0) is 11.1. The topological polar surface area (TPSA) is 49.8 Å². The summed E-state index contributed by atoms with van der Waals surface area (Å²) in [6.45, 7) is 0. The molecule has 0 atom stereocenters. The molecule has 3 heteroatoms. The number of fused-ring (bicyclic) bond motifs is 3. The third-order valence-electron chi connectivity index (χ3n) is 2.67. The Morgan fingerprint density at radius 3 is 2.75 bits per heavy atom. The van der Waals surface area contributed by atoms with E-state index >= 15 is 0 Å². The Balaban J connectivity index is 2.64. The Bertz CT molecular complexity index is 735. The highest BCUT2D eigenvalue weighted by Gasteiger charge is 2.09. The van der Waals surface area contributed by atoms with Crippen LogP contribution in [-0.2, 0) is 0 Å². The molecule has 0 saturated heterocycles. The van der Waals surface area contributed by atoms with E-state index in [1.165, 1.54) is 0 Å². The maximum atomic E-state index is 9.11. The van der Waals surface area contributed by atoms with Crippen LogP contribution in [0.4, 0.5) is 5.69 Å². The summed E-state index contributed by atoms with van der Waals surface area (Å²) in [6.07, 6.45) is 0. The van der Waals surface area contributed by atoms with Gasteiger partial charge in [-0.2, -0.15) is 5.26 Å². The van der Waals surface area contributed by atoms with Crippen LogP contribution in [0.25, 0.3) is 20.2 Å².